The molecule has 0 saturated carbocycles. The molecular weight excluding hydrogens is 434 g/mol. The normalized spacial score (nSPS) is 20.7. The Bertz CT molecular complexity index is 906. The molecule has 34 heavy (non-hydrogen) atoms. The van der Waals surface area contributed by atoms with Crippen LogP contribution >= 0.6 is 0 Å². The van der Waals surface area contributed by atoms with Gasteiger partial charge in [-0.2, -0.15) is 0 Å². The van der Waals surface area contributed by atoms with E-state index >= 15 is 0 Å². The minimum Gasteiger partial charge on any atom is -0.460 e. The molecule has 1 unspecified atom stereocenters. The molecule has 2 heterocycles. The second-order valence-corrected chi connectivity index (χ2v) is 10.4. The summed E-state index contributed by atoms with van der Waals surface area (Å²) in [6.07, 6.45) is 5.35. The zero-order valence-corrected chi connectivity index (χ0v) is 20.6. The predicted molar refractivity (Wildman–Crippen MR) is 129 cm³/mol. The van der Waals surface area contributed by atoms with E-state index in [9.17, 15) is 19.2 Å². The Kier molecular flexibility index (Phi) is 8.33. The van der Waals surface area contributed by atoms with Gasteiger partial charge in [0.25, 0.3) is 5.91 Å². The summed E-state index contributed by atoms with van der Waals surface area (Å²) in [5, 5.41) is 5.82. The molecule has 8 nitrogen and oxygen atoms in total. The zero-order chi connectivity index (χ0) is 24.8. The van der Waals surface area contributed by atoms with Crippen LogP contribution in [0.4, 0.5) is 5.69 Å². The van der Waals surface area contributed by atoms with Crippen molar-refractivity contribution in [2.45, 2.75) is 77.7 Å². The number of nitrogens with one attached hydrogen (secondary N) is 2. The van der Waals surface area contributed by atoms with Crippen molar-refractivity contribution in [2.24, 2.45) is 5.41 Å². The second kappa shape index (κ2) is 11.0. The van der Waals surface area contributed by atoms with Gasteiger partial charge in [0.2, 0.25) is 11.8 Å². The molecule has 8 heteroatoms. The van der Waals surface area contributed by atoms with Gasteiger partial charge in [0, 0.05) is 43.7 Å². The molecule has 3 rings (SSSR count). The van der Waals surface area contributed by atoms with Crippen molar-refractivity contribution in [1.82, 2.24) is 10.2 Å². The smallest absolute Gasteiger partial charge is 0.306 e. The van der Waals surface area contributed by atoms with E-state index in [1.165, 1.54) is 0 Å². The average Bonchev–Trinajstić information content (AvgIpc) is 3.14. The monoisotopic (exact) mass is 471 g/mol. The molecule has 2 fully saturated rings. The van der Waals surface area contributed by atoms with Crippen LogP contribution in [0.15, 0.2) is 24.3 Å². The van der Waals surface area contributed by atoms with E-state index in [1.54, 1.807) is 17.0 Å². The maximum Gasteiger partial charge on any atom is 0.306 e. The number of unbranched alkanes of at least 4 members (excludes halogenated alkanes) is 2. The fraction of sp³-hybridized carbons (Fsp3) is 0.615. The molecule has 3 amide bonds. The molecule has 1 aromatic carbocycles. The van der Waals surface area contributed by atoms with Crippen molar-refractivity contribution >= 4 is 29.4 Å². The minimum absolute atomic E-state index is 0.0889. The zero-order valence-electron chi connectivity index (χ0n) is 20.6. The van der Waals surface area contributed by atoms with Crippen LogP contribution in [0.5, 0.6) is 0 Å². The van der Waals surface area contributed by atoms with Gasteiger partial charge in [-0.15, -0.1) is 0 Å². The van der Waals surface area contributed by atoms with E-state index < -0.39 is 11.0 Å². The van der Waals surface area contributed by atoms with Crippen LogP contribution in [0.25, 0.3) is 0 Å². The van der Waals surface area contributed by atoms with Crippen molar-refractivity contribution in [2.75, 3.05) is 25.0 Å². The number of imide groups is 1. The largest absolute Gasteiger partial charge is 0.460 e. The minimum atomic E-state index is -0.646. The summed E-state index contributed by atoms with van der Waals surface area (Å²) in [4.78, 5) is 50.7. The van der Waals surface area contributed by atoms with E-state index in [2.05, 4.69) is 10.6 Å². The summed E-state index contributed by atoms with van der Waals surface area (Å²) < 4.78 is 5.31. The van der Waals surface area contributed by atoms with Crippen molar-refractivity contribution in [3.8, 4) is 0 Å². The van der Waals surface area contributed by atoms with Crippen molar-refractivity contribution in [3.63, 3.8) is 0 Å². The molecular formula is C26H37N3O5. The third-order valence-corrected chi connectivity index (χ3v) is 6.37. The van der Waals surface area contributed by atoms with Crippen LogP contribution in [0.2, 0.25) is 0 Å². The van der Waals surface area contributed by atoms with Gasteiger partial charge in [0.1, 0.15) is 5.60 Å². The number of nitrogens with zero attached hydrogens (tertiary/aromatic N) is 1. The molecule has 0 aliphatic carbocycles. The molecule has 1 atom stereocenters. The maximum atomic E-state index is 13.0. The number of carbonyl (C=O) groups is 4. The summed E-state index contributed by atoms with van der Waals surface area (Å²) in [6, 6.07) is 7.37. The number of anilines is 1. The molecule has 1 spiro atoms. The Morgan fingerprint density at radius 3 is 2.53 bits per heavy atom. The van der Waals surface area contributed by atoms with E-state index in [1.807, 2.05) is 32.9 Å². The fourth-order valence-electron chi connectivity index (χ4n) is 4.57. The van der Waals surface area contributed by atoms with E-state index in [0.29, 0.717) is 50.8 Å². The van der Waals surface area contributed by atoms with Gasteiger partial charge in [-0.1, -0.05) is 6.42 Å². The Morgan fingerprint density at radius 1 is 1.09 bits per heavy atom. The highest BCUT2D eigenvalue weighted by molar-refractivity contribution is 6.00. The van der Waals surface area contributed by atoms with Crippen LogP contribution in [-0.4, -0.2) is 53.8 Å². The highest BCUT2D eigenvalue weighted by Crippen LogP contribution is 2.38. The molecule has 2 aliphatic rings. The Balaban J connectivity index is 1.40. The number of benzene rings is 1. The molecule has 0 radical (unpaired) electrons. The summed E-state index contributed by atoms with van der Waals surface area (Å²) in [6.45, 7) is 7.26. The van der Waals surface area contributed by atoms with Crippen LogP contribution < -0.4 is 10.6 Å². The third-order valence-electron chi connectivity index (χ3n) is 6.37. The number of likely N-dealkylation sites (tertiary alicyclic amines) is 1. The number of carbonyl (C=O) groups excluding carboxylic acids is 4. The average molecular weight is 472 g/mol. The van der Waals surface area contributed by atoms with Crippen LogP contribution in [0.3, 0.4) is 0 Å². The maximum absolute atomic E-state index is 13.0. The SMILES string of the molecule is CC(C)(C)OC(=O)CCCCCNc1ccc(C(=O)N2CCC3(CCCC(=O)NC3=O)C2)cc1. The van der Waals surface area contributed by atoms with Crippen molar-refractivity contribution < 1.29 is 23.9 Å². The number of esters is 1. The van der Waals surface area contributed by atoms with Gasteiger partial charge in [-0.3, -0.25) is 24.5 Å². The van der Waals surface area contributed by atoms with Gasteiger partial charge < -0.3 is 15.0 Å². The molecule has 186 valence electrons. The lowest BCUT2D eigenvalue weighted by atomic mass is 9.82. The number of hydrogen-bond donors (Lipinski definition) is 2. The van der Waals surface area contributed by atoms with Crippen molar-refractivity contribution in [1.29, 1.82) is 0 Å². The fourth-order valence-corrected chi connectivity index (χ4v) is 4.57. The molecule has 1 aromatic rings. The lowest BCUT2D eigenvalue weighted by Crippen LogP contribution is -2.43. The predicted octanol–water partition coefficient (Wildman–Crippen LogP) is 3.66. The van der Waals surface area contributed by atoms with Crippen molar-refractivity contribution in [3.05, 3.63) is 29.8 Å². The Hall–Kier alpha value is -2.90. The second-order valence-electron chi connectivity index (χ2n) is 10.4. The first-order valence-corrected chi connectivity index (χ1v) is 12.3. The van der Waals surface area contributed by atoms with Gasteiger partial charge in [0.15, 0.2) is 0 Å². The summed E-state index contributed by atoms with van der Waals surface area (Å²) in [7, 11) is 0. The van der Waals surface area contributed by atoms with Gasteiger partial charge in [-0.25, -0.2) is 0 Å². The number of ether oxygens (including phenoxy) is 1. The first-order valence-electron chi connectivity index (χ1n) is 12.3. The van der Waals surface area contributed by atoms with Crippen LogP contribution in [0.1, 0.15) is 82.5 Å². The highest BCUT2D eigenvalue weighted by Gasteiger charge is 2.47. The molecule has 0 bridgehead atoms. The molecule has 2 saturated heterocycles. The van der Waals surface area contributed by atoms with E-state index in [4.69, 9.17) is 4.74 Å². The first-order chi connectivity index (χ1) is 16.1. The number of amides is 3. The number of hydrogen-bond acceptors (Lipinski definition) is 6. The first kappa shape index (κ1) is 25.7. The molecule has 2 aliphatic heterocycles. The Morgan fingerprint density at radius 2 is 1.82 bits per heavy atom. The summed E-state index contributed by atoms with van der Waals surface area (Å²) in [5.41, 5.74) is 0.438. The summed E-state index contributed by atoms with van der Waals surface area (Å²) >= 11 is 0. The molecule has 0 aromatic heterocycles. The lowest BCUT2D eigenvalue weighted by Gasteiger charge is -2.25. The van der Waals surface area contributed by atoms with E-state index in [0.717, 1.165) is 31.5 Å². The Labute approximate surface area is 201 Å². The van der Waals surface area contributed by atoms with Gasteiger partial charge >= 0.3 is 5.97 Å². The quantitative estimate of drug-likeness (QED) is 0.341. The molecule has 2 N–H and O–H groups in total. The summed E-state index contributed by atoms with van der Waals surface area (Å²) in [5.74, 6) is -0.708. The third kappa shape index (κ3) is 7.05. The van der Waals surface area contributed by atoms with Crippen LogP contribution in [0, 0.1) is 5.41 Å². The van der Waals surface area contributed by atoms with Crippen LogP contribution in [-0.2, 0) is 19.1 Å². The number of rotatable bonds is 8. The van der Waals surface area contributed by atoms with Gasteiger partial charge in [0.05, 0.1) is 5.41 Å². The topological polar surface area (TPSA) is 105 Å². The lowest BCUT2D eigenvalue weighted by molar-refractivity contribution is -0.155. The highest BCUT2D eigenvalue weighted by atomic mass is 16.6. The standard InChI is InChI=1S/C26H37N3O5/c1-25(2,3)34-22(31)9-5-4-6-16-27-20-12-10-19(11-13-20)23(32)29-17-15-26(18-29)14-7-8-21(30)28-24(26)33/h10-13,27H,4-9,14-18H2,1-3H3,(H,28,30,33). The van der Waals surface area contributed by atoms with E-state index in [-0.39, 0.29) is 23.7 Å². The van der Waals surface area contributed by atoms with Gasteiger partial charge in [-0.05, 0) is 77.1 Å².